The number of hydrogen-bond acceptors (Lipinski definition) is 4. The minimum atomic E-state index is -0.405. The molecule has 4 aliphatic carbocycles. The van der Waals surface area contributed by atoms with Crippen molar-refractivity contribution in [2.45, 2.75) is 85.2 Å². The van der Waals surface area contributed by atoms with Gasteiger partial charge in [-0.25, -0.2) is 0 Å². The van der Waals surface area contributed by atoms with Crippen LogP contribution in [0.25, 0.3) is 0 Å². The van der Waals surface area contributed by atoms with E-state index in [1.807, 2.05) is 0 Å². The van der Waals surface area contributed by atoms with Crippen molar-refractivity contribution in [2.24, 2.45) is 34.0 Å². The third-order valence-electron chi connectivity index (χ3n) is 9.06. The van der Waals surface area contributed by atoms with Crippen molar-refractivity contribution in [3.05, 3.63) is 0 Å². The van der Waals surface area contributed by atoms with Crippen molar-refractivity contribution in [1.29, 1.82) is 0 Å². The zero-order valence-corrected chi connectivity index (χ0v) is 16.6. The highest BCUT2D eigenvalue weighted by atomic mass is 16.5. The highest BCUT2D eigenvalue weighted by Gasteiger charge is 2.66. The predicted octanol–water partition coefficient (Wildman–Crippen LogP) is 4.10. The minimum Gasteiger partial charge on any atom is -0.463 e. The molecule has 0 radical (unpaired) electrons. The fourth-order valence-electron chi connectivity index (χ4n) is 7.49. The fourth-order valence-corrected chi connectivity index (χ4v) is 7.49. The summed E-state index contributed by atoms with van der Waals surface area (Å²) in [5, 5.41) is 0. The van der Waals surface area contributed by atoms with Gasteiger partial charge in [-0.3, -0.25) is 14.4 Å². The lowest BCUT2D eigenvalue weighted by Crippen LogP contribution is -2.61. The first-order valence-electron chi connectivity index (χ1n) is 10.3. The second-order valence-electron chi connectivity index (χ2n) is 10.3. The maximum absolute atomic E-state index is 13.3. The molecule has 0 aromatic carbocycles. The van der Waals surface area contributed by atoms with Crippen LogP contribution in [0.3, 0.4) is 0 Å². The molecule has 26 heavy (non-hydrogen) atoms. The largest absolute Gasteiger partial charge is 0.463 e. The summed E-state index contributed by atoms with van der Waals surface area (Å²) in [6.45, 7) is 8.15. The molecular weight excluding hydrogens is 328 g/mol. The molecule has 0 aromatic rings. The van der Waals surface area contributed by atoms with Crippen LogP contribution in [0.2, 0.25) is 0 Å². The zero-order valence-electron chi connectivity index (χ0n) is 16.6. The van der Waals surface area contributed by atoms with Crippen LogP contribution < -0.4 is 0 Å². The molecule has 0 N–H and O–H groups in total. The molecule has 4 saturated carbocycles. The third kappa shape index (κ3) is 2.29. The van der Waals surface area contributed by atoms with Crippen LogP contribution in [0.1, 0.15) is 79.1 Å². The molecule has 0 amide bonds. The molecule has 6 unspecified atom stereocenters. The molecule has 0 heterocycles. The Morgan fingerprint density at radius 3 is 2.50 bits per heavy atom. The van der Waals surface area contributed by atoms with Crippen LogP contribution in [-0.4, -0.2) is 23.6 Å². The first-order chi connectivity index (χ1) is 12.1. The van der Waals surface area contributed by atoms with Gasteiger partial charge in [-0.15, -0.1) is 0 Å². The number of carbonyl (C=O) groups is 3. The van der Waals surface area contributed by atoms with Gasteiger partial charge in [0.05, 0.1) is 0 Å². The Bertz CT molecular complexity index is 669. The van der Waals surface area contributed by atoms with Crippen molar-refractivity contribution < 1.29 is 19.1 Å². The van der Waals surface area contributed by atoms with Crippen LogP contribution >= 0.6 is 0 Å². The Balaban J connectivity index is 1.66. The molecule has 144 valence electrons. The number of rotatable bonds is 1. The Labute approximate surface area is 156 Å². The van der Waals surface area contributed by atoms with Gasteiger partial charge in [0.1, 0.15) is 17.7 Å². The molecule has 0 spiro atoms. The standard InChI is InChI=1S/C22H32O4/c1-13(23)26-14-7-10-22(4)19-15(8-9-20(22,2)11-14)16-5-6-18(25)21(16,3)12-17(19)24/h14-16,19H,5-12H2,1-4H3/t14?,15?,16?,19?,20-,21?,22?/m0/s1. The number of ether oxygens (including phenoxy) is 1. The van der Waals surface area contributed by atoms with E-state index in [4.69, 9.17) is 4.74 Å². The van der Waals surface area contributed by atoms with Gasteiger partial charge in [-0.05, 0) is 61.2 Å². The van der Waals surface area contributed by atoms with Crippen molar-refractivity contribution in [3.63, 3.8) is 0 Å². The minimum absolute atomic E-state index is 0.0147. The molecule has 0 bridgehead atoms. The summed E-state index contributed by atoms with van der Waals surface area (Å²) >= 11 is 0. The van der Waals surface area contributed by atoms with Crippen molar-refractivity contribution in [1.82, 2.24) is 0 Å². The molecule has 7 atom stereocenters. The van der Waals surface area contributed by atoms with Crippen LogP contribution in [0, 0.1) is 34.0 Å². The number of hydrogen-bond donors (Lipinski definition) is 0. The third-order valence-corrected chi connectivity index (χ3v) is 9.06. The van der Waals surface area contributed by atoms with Gasteiger partial charge in [-0.2, -0.15) is 0 Å². The lowest BCUT2D eigenvalue weighted by Gasteiger charge is -2.63. The monoisotopic (exact) mass is 360 g/mol. The molecule has 0 saturated heterocycles. The van der Waals surface area contributed by atoms with E-state index in [0.717, 1.165) is 38.5 Å². The van der Waals surface area contributed by atoms with Crippen molar-refractivity contribution in [2.75, 3.05) is 0 Å². The van der Waals surface area contributed by atoms with E-state index in [2.05, 4.69) is 20.8 Å². The maximum Gasteiger partial charge on any atom is 0.302 e. The summed E-state index contributed by atoms with van der Waals surface area (Å²) < 4.78 is 5.54. The Hall–Kier alpha value is -1.19. The van der Waals surface area contributed by atoms with Gasteiger partial charge in [0.15, 0.2) is 0 Å². The SMILES string of the molecule is CC(=O)OC1CCC2(C)C3C(=O)CC4(C)C(=O)CCC4C3CC[C@@]2(C)C1. The van der Waals surface area contributed by atoms with Gasteiger partial charge in [-0.1, -0.05) is 20.8 Å². The van der Waals surface area contributed by atoms with E-state index in [9.17, 15) is 14.4 Å². The summed E-state index contributed by atoms with van der Waals surface area (Å²) in [5.41, 5.74) is -0.424. The smallest absolute Gasteiger partial charge is 0.302 e. The summed E-state index contributed by atoms with van der Waals surface area (Å²) in [7, 11) is 0. The van der Waals surface area contributed by atoms with Gasteiger partial charge < -0.3 is 4.74 Å². The molecule has 0 aromatic heterocycles. The highest BCUT2D eigenvalue weighted by molar-refractivity contribution is 5.95. The number of esters is 1. The normalized spacial score (nSPS) is 50.6. The summed E-state index contributed by atoms with van der Waals surface area (Å²) in [5.74, 6) is 1.24. The highest BCUT2D eigenvalue weighted by Crippen LogP contribution is 2.68. The predicted molar refractivity (Wildman–Crippen MR) is 97.3 cm³/mol. The lowest BCUT2D eigenvalue weighted by atomic mass is 9.40. The van der Waals surface area contributed by atoms with E-state index >= 15 is 0 Å². The van der Waals surface area contributed by atoms with Crippen LogP contribution in [-0.2, 0) is 19.1 Å². The molecule has 4 rings (SSSR count). The number of carbonyl (C=O) groups excluding carboxylic acids is 3. The molecule has 4 heteroatoms. The van der Waals surface area contributed by atoms with E-state index in [1.165, 1.54) is 6.92 Å². The first kappa shape index (κ1) is 18.2. The summed E-state index contributed by atoms with van der Waals surface area (Å²) in [4.78, 5) is 37.3. The Morgan fingerprint density at radius 1 is 1.08 bits per heavy atom. The Kier molecular flexibility index (Phi) is 3.95. The van der Waals surface area contributed by atoms with Gasteiger partial charge in [0.25, 0.3) is 0 Å². The molecule has 0 aliphatic heterocycles. The fraction of sp³-hybridized carbons (Fsp3) is 0.864. The average molecular weight is 360 g/mol. The second kappa shape index (κ2) is 5.65. The lowest BCUT2D eigenvalue weighted by molar-refractivity contribution is -0.186. The van der Waals surface area contributed by atoms with Gasteiger partial charge in [0, 0.05) is 31.1 Å². The molecular formula is C22H32O4. The first-order valence-corrected chi connectivity index (χ1v) is 10.3. The van der Waals surface area contributed by atoms with Crippen molar-refractivity contribution >= 4 is 17.5 Å². The van der Waals surface area contributed by atoms with E-state index in [1.54, 1.807) is 0 Å². The van der Waals surface area contributed by atoms with Gasteiger partial charge >= 0.3 is 5.97 Å². The number of ketones is 2. The van der Waals surface area contributed by atoms with E-state index in [-0.39, 0.29) is 28.8 Å². The topological polar surface area (TPSA) is 60.4 Å². The second-order valence-corrected chi connectivity index (χ2v) is 10.3. The molecule has 4 nitrogen and oxygen atoms in total. The van der Waals surface area contributed by atoms with Crippen LogP contribution in [0.15, 0.2) is 0 Å². The summed E-state index contributed by atoms with van der Waals surface area (Å²) in [6, 6.07) is 0. The van der Waals surface area contributed by atoms with E-state index < -0.39 is 5.41 Å². The summed E-state index contributed by atoms with van der Waals surface area (Å²) in [6.07, 6.45) is 6.79. The zero-order chi connectivity index (χ0) is 18.9. The molecule has 4 aliphatic rings. The van der Waals surface area contributed by atoms with Crippen LogP contribution in [0.4, 0.5) is 0 Å². The number of fused-ring (bicyclic) bond motifs is 5. The maximum atomic E-state index is 13.3. The van der Waals surface area contributed by atoms with E-state index in [0.29, 0.717) is 36.2 Å². The number of Topliss-reactive ketones (excluding diaryl/α,β-unsaturated/α-hetero) is 2. The Morgan fingerprint density at radius 2 is 1.81 bits per heavy atom. The average Bonchev–Trinajstić information content (AvgIpc) is 2.82. The van der Waals surface area contributed by atoms with Crippen molar-refractivity contribution in [3.8, 4) is 0 Å². The quantitative estimate of drug-likeness (QED) is 0.661. The van der Waals surface area contributed by atoms with Gasteiger partial charge in [0.2, 0.25) is 0 Å². The van der Waals surface area contributed by atoms with Crippen LogP contribution in [0.5, 0.6) is 0 Å². The molecule has 4 fully saturated rings.